The smallest absolute Gasteiger partial charge is 0.122 e. The van der Waals surface area contributed by atoms with Crippen molar-refractivity contribution < 1.29 is 9.84 Å². The van der Waals surface area contributed by atoms with Gasteiger partial charge in [-0.1, -0.05) is 6.42 Å². The molecule has 0 aromatic heterocycles. The van der Waals surface area contributed by atoms with Gasteiger partial charge in [0.2, 0.25) is 0 Å². The summed E-state index contributed by atoms with van der Waals surface area (Å²) >= 11 is 0. The molecule has 0 saturated heterocycles. The van der Waals surface area contributed by atoms with Gasteiger partial charge in [0.25, 0.3) is 0 Å². The molecule has 1 aromatic carbocycles. The Hall–Kier alpha value is -1.22. The molecule has 1 fully saturated rings. The molecule has 3 heteroatoms. The lowest BCUT2D eigenvalue weighted by atomic mass is 9.69. The molecule has 0 heterocycles. The Morgan fingerprint density at radius 3 is 2.67 bits per heavy atom. The fourth-order valence-electron chi connectivity index (χ4n) is 2.43. The molecule has 1 aromatic rings. The molecule has 18 heavy (non-hydrogen) atoms. The highest BCUT2D eigenvalue weighted by molar-refractivity contribution is 5.51. The molecule has 1 aliphatic rings. The fourth-order valence-corrected chi connectivity index (χ4v) is 2.43. The van der Waals surface area contributed by atoms with Crippen LogP contribution in [0.3, 0.4) is 0 Å². The summed E-state index contributed by atoms with van der Waals surface area (Å²) in [4.78, 5) is 0. The number of aliphatic hydroxyl groups is 1. The van der Waals surface area contributed by atoms with Crippen LogP contribution in [0.25, 0.3) is 0 Å². The molecule has 0 bridgehead atoms. The SMILES string of the molecule is CCOc1ccc(NCC2(CO)CCC2)cc1C. The van der Waals surface area contributed by atoms with E-state index in [2.05, 4.69) is 18.3 Å². The molecule has 100 valence electrons. The maximum absolute atomic E-state index is 9.42. The lowest BCUT2D eigenvalue weighted by molar-refractivity contribution is 0.0576. The third-order valence-electron chi connectivity index (χ3n) is 3.89. The van der Waals surface area contributed by atoms with Gasteiger partial charge >= 0.3 is 0 Å². The highest BCUT2D eigenvalue weighted by Crippen LogP contribution is 2.40. The average molecular weight is 249 g/mol. The zero-order valence-corrected chi connectivity index (χ0v) is 11.3. The lowest BCUT2D eigenvalue weighted by Crippen LogP contribution is -2.39. The van der Waals surface area contributed by atoms with E-state index in [0.29, 0.717) is 6.61 Å². The van der Waals surface area contributed by atoms with Crippen LogP contribution in [-0.4, -0.2) is 24.9 Å². The number of aryl methyl sites for hydroxylation is 1. The molecule has 0 unspecified atom stereocenters. The number of hydrogen-bond donors (Lipinski definition) is 2. The van der Waals surface area contributed by atoms with Crippen molar-refractivity contribution in [2.24, 2.45) is 5.41 Å². The maximum atomic E-state index is 9.42. The third kappa shape index (κ3) is 2.78. The highest BCUT2D eigenvalue weighted by Gasteiger charge is 2.35. The Morgan fingerprint density at radius 1 is 1.39 bits per heavy atom. The van der Waals surface area contributed by atoms with Gasteiger partial charge in [0.05, 0.1) is 13.2 Å². The van der Waals surface area contributed by atoms with E-state index in [9.17, 15) is 5.11 Å². The molecule has 2 rings (SSSR count). The van der Waals surface area contributed by atoms with Crippen molar-refractivity contribution in [3.63, 3.8) is 0 Å². The van der Waals surface area contributed by atoms with Crippen molar-refractivity contribution in [1.29, 1.82) is 0 Å². The van der Waals surface area contributed by atoms with Gasteiger partial charge in [-0.25, -0.2) is 0 Å². The average Bonchev–Trinajstić information content (AvgIpc) is 2.32. The minimum Gasteiger partial charge on any atom is -0.494 e. The third-order valence-corrected chi connectivity index (χ3v) is 3.89. The van der Waals surface area contributed by atoms with Crippen LogP contribution in [0.5, 0.6) is 5.75 Å². The van der Waals surface area contributed by atoms with Crippen molar-refractivity contribution in [1.82, 2.24) is 0 Å². The molecule has 0 aliphatic heterocycles. The summed E-state index contributed by atoms with van der Waals surface area (Å²) < 4.78 is 5.52. The second-order valence-corrected chi connectivity index (χ2v) is 5.28. The largest absolute Gasteiger partial charge is 0.494 e. The number of nitrogens with one attached hydrogen (secondary N) is 1. The zero-order chi connectivity index (χ0) is 13.0. The predicted octanol–water partition coefficient (Wildman–Crippen LogP) is 2.97. The van der Waals surface area contributed by atoms with Crippen LogP contribution in [0.4, 0.5) is 5.69 Å². The van der Waals surface area contributed by atoms with Gasteiger partial charge < -0.3 is 15.2 Å². The first-order valence-corrected chi connectivity index (χ1v) is 6.77. The van der Waals surface area contributed by atoms with Crippen LogP contribution < -0.4 is 10.1 Å². The summed E-state index contributed by atoms with van der Waals surface area (Å²) in [5.41, 5.74) is 2.37. The molecule has 3 nitrogen and oxygen atoms in total. The summed E-state index contributed by atoms with van der Waals surface area (Å²) in [5.74, 6) is 0.948. The second kappa shape index (κ2) is 5.61. The normalized spacial score (nSPS) is 17.1. The molecule has 0 radical (unpaired) electrons. The molecule has 0 amide bonds. The first-order valence-electron chi connectivity index (χ1n) is 6.77. The molecule has 1 aliphatic carbocycles. The minimum absolute atomic E-state index is 0.118. The van der Waals surface area contributed by atoms with E-state index in [-0.39, 0.29) is 12.0 Å². The number of anilines is 1. The highest BCUT2D eigenvalue weighted by atomic mass is 16.5. The van der Waals surface area contributed by atoms with Crippen molar-refractivity contribution in [3.8, 4) is 5.75 Å². The second-order valence-electron chi connectivity index (χ2n) is 5.28. The number of hydrogen-bond acceptors (Lipinski definition) is 3. The molecule has 2 N–H and O–H groups in total. The predicted molar refractivity (Wildman–Crippen MR) is 74.2 cm³/mol. The van der Waals surface area contributed by atoms with Gasteiger partial charge in [0.15, 0.2) is 0 Å². The van der Waals surface area contributed by atoms with Crippen molar-refractivity contribution in [2.75, 3.05) is 25.1 Å². The topological polar surface area (TPSA) is 41.5 Å². The number of ether oxygens (including phenoxy) is 1. The van der Waals surface area contributed by atoms with Crippen LogP contribution in [-0.2, 0) is 0 Å². The van der Waals surface area contributed by atoms with E-state index in [1.165, 1.54) is 6.42 Å². The van der Waals surface area contributed by atoms with Crippen LogP contribution in [0.15, 0.2) is 18.2 Å². The van der Waals surface area contributed by atoms with E-state index in [1.807, 2.05) is 19.1 Å². The van der Waals surface area contributed by atoms with E-state index in [4.69, 9.17) is 4.74 Å². The number of benzene rings is 1. The first-order chi connectivity index (χ1) is 8.69. The molecule has 1 saturated carbocycles. The monoisotopic (exact) mass is 249 g/mol. The van der Waals surface area contributed by atoms with E-state index in [1.54, 1.807) is 0 Å². The Bertz CT molecular complexity index is 394. The number of aliphatic hydroxyl groups excluding tert-OH is 1. The van der Waals surface area contributed by atoms with Crippen LogP contribution >= 0.6 is 0 Å². The standard InChI is InChI=1S/C15H23NO2/c1-3-18-14-6-5-13(9-12(14)2)16-10-15(11-17)7-4-8-15/h5-6,9,16-17H,3-4,7-8,10-11H2,1-2H3. The fraction of sp³-hybridized carbons (Fsp3) is 0.600. The summed E-state index contributed by atoms with van der Waals surface area (Å²) in [6.07, 6.45) is 3.50. The van der Waals surface area contributed by atoms with Crippen molar-refractivity contribution in [3.05, 3.63) is 23.8 Å². The summed E-state index contributed by atoms with van der Waals surface area (Å²) in [6, 6.07) is 6.16. The van der Waals surface area contributed by atoms with Crippen LogP contribution in [0, 0.1) is 12.3 Å². The summed E-state index contributed by atoms with van der Waals surface area (Å²) in [5, 5.41) is 12.9. The van der Waals surface area contributed by atoms with Gasteiger partial charge in [-0.2, -0.15) is 0 Å². The van der Waals surface area contributed by atoms with Gasteiger partial charge in [-0.3, -0.25) is 0 Å². The molecular weight excluding hydrogens is 226 g/mol. The molecule has 0 atom stereocenters. The Balaban J connectivity index is 1.95. The van der Waals surface area contributed by atoms with Crippen molar-refractivity contribution >= 4 is 5.69 Å². The molecule has 0 spiro atoms. The zero-order valence-electron chi connectivity index (χ0n) is 11.3. The molecular formula is C15H23NO2. The summed E-state index contributed by atoms with van der Waals surface area (Å²) in [6.45, 7) is 5.89. The maximum Gasteiger partial charge on any atom is 0.122 e. The Morgan fingerprint density at radius 2 is 2.17 bits per heavy atom. The number of rotatable bonds is 6. The Kier molecular flexibility index (Phi) is 4.12. The van der Waals surface area contributed by atoms with Crippen LogP contribution in [0.1, 0.15) is 31.7 Å². The van der Waals surface area contributed by atoms with E-state index in [0.717, 1.165) is 36.4 Å². The van der Waals surface area contributed by atoms with Crippen molar-refractivity contribution in [2.45, 2.75) is 33.1 Å². The van der Waals surface area contributed by atoms with Gasteiger partial charge in [-0.15, -0.1) is 0 Å². The summed E-state index contributed by atoms with van der Waals surface area (Å²) in [7, 11) is 0. The first kappa shape index (κ1) is 13.2. The lowest BCUT2D eigenvalue weighted by Gasteiger charge is -2.40. The van der Waals surface area contributed by atoms with Gasteiger partial charge in [-0.05, 0) is 50.5 Å². The Labute approximate surface area is 109 Å². The quantitative estimate of drug-likeness (QED) is 0.814. The minimum atomic E-state index is 0.118. The van der Waals surface area contributed by atoms with E-state index < -0.39 is 0 Å². The van der Waals surface area contributed by atoms with Crippen LogP contribution in [0.2, 0.25) is 0 Å². The van der Waals surface area contributed by atoms with Gasteiger partial charge in [0, 0.05) is 17.6 Å². The van der Waals surface area contributed by atoms with E-state index >= 15 is 0 Å². The van der Waals surface area contributed by atoms with Gasteiger partial charge in [0.1, 0.15) is 5.75 Å².